The third-order valence-electron chi connectivity index (χ3n) is 4.65. The van der Waals surface area contributed by atoms with E-state index in [2.05, 4.69) is 5.32 Å². The summed E-state index contributed by atoms with van der Waals surface area (Å²) in [5.41, 5.74) is 0.485. The molecule has 9 nitrogen and oxygen atoms in total. The molecular weight excluding hydrogens is 416 g/mol. The van der Waals surface area contributed by atoms with Gasteiger partial charge in [-0.25, -0.2) is 4.79 Å². The Labute approximate surface area is 184 Å². The maximum atomic E-state index is 12.6. The second kappa shape index (κ2) is 10.2. The SMILES string of the molecule is COc1cccc(C(=O)OCC(=O)N(C)c2ccccc2C(=O)NCc2ccco2)c1O. The molecule has 0 spiro atoms. The van der Waals surface area contributed by atoms with Gasteiger partial charge in [-0.3, -0.25) is 9.59 Å². The number of methoxy groups -OCH3 is 1. The van der Waals surface area contributed by atoms with Crippen LogP contribution < -0.4 is 15.0 Å². The summed E-state index contributed by atoms with van der Waals surface area (Å²) in [6.07, 6.45) is 1.51. The van der Waals surface area contributed by atoms with Crippen molar-refractivity contribution in [1.29, 1.82) is 0 Å². The van der Waals surface area contributed by atoms with Gasteiger partial charge in [0.2, 0.25) is 0 Å². The Kier molecular flexibility index (Phi) is 7.12. The highest BCUT2D eigenvalue weighted by Crippen LogP contribution is 2.29. The van der Waals surface area contributed by atoms with E-state index in [0.29, 0.717) is 11.4 Å². The number of hydrogen-bond acceptors (Lipinski definition) is 7. The molecule has 0 fully saturated rings. The van der Waals surface area contributed by atoms with E-state index >= 15 is 0 Å². The van der Waals surface area contributed by atoms with Crippen LogP contribution in [0.2, 0.25) is 0 Å². The number of phenols is 1. The molecule has 0 saturated carbocycles. The standard InChI is InChI=1S/C23H22N2O7/c1-25(20(26)14-32-23(29)17-9-5-11-19(30-2)21(17)27)18-10-4-3-8-16(18)22(28)24-13-15-7-6-12-31-15/h3-12,27H,13-14H2,1-2H3,(H,24,28). The number of carbonyl (C=O) groups is 3. The summed E-state index contributed by atoms with van der Waals surface area (Å²) in [5, 5.41) is 12.8. The summed E-state index contributed by atoms with van der Waals surface area (Å²) in [6.45, 7) is -0.395. The highest BCUT2D eigenvalue weighted by atomic mass is 16.5. The van der Waals surface area contributed by atoms with Crippen molar-refractivity contribution in [2.24, 2.45) is 0 Å². The van der Waals surface area contributed by atoms with E-state index in [1.54, 1.807) is 36.4 Å². The van der Waals surface area contributed by atoms with Crippen molar-refractivity contribution in [3.05, 3.63) is 77.7 Å². The molecule has 3 aromatic rings. The van der Waals surface area contributed by atoms with Crippen molar-refractivity contribution < 1.29 is 33.4 Å². The van der Waals surface area contributed by atoms with Crippen molar-refractivity contribution in [2.45, 2.75) is 6.54 Å². The Bertz CT molecular complexity index is 1110. The fourth-order valence-electron chi connectivity index (χ4n) is 2.92. The summed E-state index contributed by atoms with van der Waals surface area (Å²) in [7, 11) is 2.82. The maximum Gasteiger partial charge on any atom is 0.342 e. The lowest BCUT2D eigenvalue weighted by Crippen LogP contribution is -2.33. The van der Waals surface area contributed by atoms with Crippen LogP contribution in [0.25, 0.3) is 0 Å². The Balaban J connectivity index is 1.66. The fourth-order valence-corrected chi connectivity index (χ4v) is 2.92. The quantitative estimate of drug-likeness (QED) is 0.519. The van der Waals surface area contributed by atoms with Gasteiger partial charge in [0, 0.05) is 7.05 Å². The molecule has 0 bridgehead atoms. The third-order valence-corrected chi connectivity index (χ3v) is 4.65. The van der Waals surface area contributed by atoms with Gasteiger partial charge in [0.05, 0.1) is 31.2 Å². The smallest absolute Gasteiger partial charge is 0.342 e. The first-order valence-electron chi connectivity index (χ1n) is 9.61. The predicted octanol–water partition coefficient (Wildman–Crippen LogP) is 2.74. The second-order valence-electron chi connectivity index (χ2n) is 6.66. The monoisotopic (exact) mass is 438 g/mol. The topological polar surface area (TPSA) is 118 Å². The molecule has 0 aliphatic rings. The number of aromatic hydroxyl groups is 1. The Morgan fingerprint density at radius 1 is 1.03 bits per heavy atom. The average molecular weight is 438 g/mol. The van der Waals surface area contributed by atoms with E-state index < -0.39 is 24.4 Å². The number of rotatable bonds is 8. The summed E-state index contributed by atoms with van der Waals surface area (Å²) < 4.78 is 15.2. The molecule has 3 rings (SSSR count). The molecular formula is C23H22N2O7. The first kappa shape index (κ1) is 22.4. The van der Waals surface area contributed by atoms with E-state index in [0.717, 1.165) is 0 Å². The number of carbonyl (C=O) groups excluding carboxylic acids is 3. The molecule has 2 amide bonds. The largest absolute Gasteiger partial charge is 0.504 e. The summed E-state index contributed by atoms with van der Waals surface area (Å²) >= 11 is 0. The number of amides is 2. The van der Waals surface area contributed by atoms with E-state index in [4.69, 9.17) is 13.9 Å². The Morgan fingerprint density at radius 2 is 1.78 bits per heavy atom. The van der Waals surface area contributed by atoms with Crippen LogP contribution in [0.1, 0.15) is 26.5 Å². The molecule has 0 unspecified atom stereocenters. The maximum absolute atomic E-state index is 12.6. The molecule has 0 aliphatic heterocycles. The van der Waals surface area contributed by atoms with Gasteiger partial charge in [0.15, 0.2) is 18.1 Å². The average Bonchev–Trinajstić information content (AvgIpc) is 3.34. The molecule has 9 heteroatoms. The summed E-state index contributed by atoms with van der Waals surface area (Å²) in [5.74, 6) is -1.51. The fraction of sp³-hybridized carbons (Fsp3) is 0.174. The van der Waals surface area contributed by atoms with Crippen LogP contribution in [0.15, 0.2) is 65.3 Å². The van der Waals surface area contributed by atoms with Gasteiger partial charge in [-0.15, -0.1) is 0 Å². The number of likely N-dealkylation sites (N-methyl/N-ethyl adjacent to an activating group) is 1. The Morgan fingerprint density at radius 3 is 2.50 bits per heavy atom. The molecule has 1 aromatic heterocycles. The first-order valence-corrected chi connectivity index (χ1v) is 9.61. The molecule has 32 heavy (non-hydrogen) atoms. The third kappa shape index (κ3) is 5.07. The van der Waals surface area contributed by atoms with Crippen molar-refractivity contribution in [1.82, 2.24) is 5.32 Å². The first-order chi connectivity index (χ1) is 15.4. The Hall–Kier alpha value is -4.27. The van der Waals surface area contributed by atoms with Gasteiger partial charge < -0.3 is 29.2 Å². The van der Waals surface area contributed by atoms with E-state index in [1.165, 1.54) is 43.5 Å². The number of anilines is 1. The lowest BCUT2D eigenvalue weighted by molar-refractivity contribution is -0.121. The summed E-state index contributed by atoms with van der Waals surface area (Å²) in [4.78, 5) is 38.8. The van der Waals surface area contributed by atoms with Gasteiger partial charge in [0.25, 0.3) is 11.8 Å². The zero-order valence-corrected chi connectivity index (χ0v) is 17.5. The molecule has 1 heterocycles. The number of para-hydroxylation sites is 2. The molecule has 0 atom stereocenters. The van der Waals surface area contributed by atoms with Crippen LogP contribution in [-0.2, 0) is 16.1 Å². The zero-order chi connectivity index (χ0) is 23.1. The lowest BCUT2D eigenvalue weighted by atomic mass is 10.1. The minimum atomic E-state index is -0.882. The minimum Gasteiger partial charge on any atom is -0.504 e. The van der Waals surface area contributed by atoms with Gasteiger partial charge in [-0.05, 0) is 36.4 Å². The normalized spacial score (nSPS) is 10.3. The van der Waals surface area contributed by atoms with Crippen molar-refractivity contribution in [3.63, 3.8) is 0 Å². The van der Waals surface area contributed by atoms with Gasteiger partial charge in [0.1, 0.15) is 11.3 Å². The van der Waals surface area contributed by atoms with Crippen LogP contribution in [0.5, 0.6) is 11.5 Å². The lowest BCUT2D eigenvalue weighted by Gasteiger charge is -2.20. The van der Waals surface area contributed by atoms with Gasteiger partial charge in [-0.1, -0.05) is 18.2 Å². The van der Waals surface area contributed by atoms with Crippen LogP contribution in [0.4, 0.5) is 5.69 Å². The number of esters is 1. The number of benzene rings is 2. The zero-order valence-electron chi connectivity index (χ0n) is 17.5. The molecule has 166 valence electrons. The molecule has 0 aliphatic carbocycles. The number of nitrogens with one attached hydrogen (secondary N) is 1. The van der Waals surface area contributed by atoms with Gasteiger partial charge >= 0.3 is 5.97 Å². The second-order valence-corrected chi connectivity index (χ2v) is 6.66. The van der Waals surface area contributed by atoms with E-state index in [1.807, 2.05) is 0 Å². The highest BCUT2D eigenvalue weighted by Gasteiger charge is 2.21. The number of ether oxygens (including phenoxy) is 2. The van der Waals surface area contributed by atoms with Crippen molar-refractivity contribution in [2.75, 3.05) is 25.7 Å². The van der Waals surface area contributed by atoms with Crippen LogP contribution in [0, 0.1) is 0 Å². The van der Waals surface area contributed by atoms with Gasteiger partial charge in [-0.2, -0.15) is 0 Å². The summed E-state index contributed by atoms with van der Waals surface area (Å²) in [6, 6.07) is 14.3. The molecule has 0 saturated heterocycles. The van der Waals surface area contributed by atoms with E-state index in [9.17, 15) is 19.5 Å². The van der Waals surface area contributed by atoms with Crippen LogP contribution >= 0.6 is 0 Å². The highest BCUT2D eigenvalue weighted by molar-refractivity contribution is 6.05. The molecule has 0 radical (unpaired) electrons. The molecule has 2 aromatic carbocycles. The minimum absolute atomic E-state index is 0.109. The van der Waals surface area contributed by atoms with Crippen molar-refractivity contribution >= 4 is 23.5 Å². The number of nitrogens with zero attached hydrogens (tertiary/aromatic N) is 1. The number of furan rings is 1. The van der Waals surface area contributed by atoms with E-state index in [-0.39, 0.29) is 29.2 Å². The van der Waals surface area contributed by atoms with Crippen molar-refractivity contribution in [3.8, 4) is 11.5 Å². The predicted molar refractivity (Wildman–Crippen MR) is 115 cm³/mol. The van der Waals surface area contributed by atoms with Crippen LogP contribution in [-0.4, -0.2) is 43.7 Å². The number of phenolic OH excluding ortho intramolecular Hbond substituents is 1. The number of hydrogen-bond donors (Lipinski definition) is 2. The molecule has 2 N–H and O–H groups in total. The van der Waals surface area contributed by atoms with Crippen LogP contribution in [0.3, 0.4) is 0 Å².